The highest BCUT2D eigenvalue weighted by Crippen LogP contribution is 2.42. The third kappa shape index (κ3) is 3.19. The third-order valence-corrected chi connectivity index (χ3v) is 7.99. The molecule has 168 valence electrons. The van der Waals surface area contributed by atoms with Gasteiger partial charge in [-0.25, -0.2) is 4.98 Å². The van der Waals surface area contributed by atoms with Gasteiger partial charge in [-0.15, -0.1) is 11.3 Å². The fourth-order valence-corrected chi connectivity index (χ4v) is 6.34. The molecule has 0 aliphatic carbocycles. The Kier molecular flexibility index (Phi) is 5.04. The largest absolute Gasteiger partial charge is 0.292 e. The summed E-state index contributed by atoms with van der Waals surface area (Å²) >= 11 is 1.86. The lowest BCUT2D eigenvalue weighted by Crippen LogP contribution is -2.08. The zero-order valence-corrected chi connectivity index (χ0v) is 20.9. The van der Waals surface area contributed by atoms with Crippen molar-refractivity contribution in [2.75, 3.05) is 0 Å². The number of fused-ring (bicyclic) bond motifs is 4. The van der Waals surface area contributed by atoms with Crippen LogP contribution in [0.25, 0.3) is 48.3 Å². The Labute approximate surface area is 204 Å². The van der Waals surface area contributed by atoms with Crippen molar-refractivity contribution < 1.29 is 0 Å². The molecule has 6 rings (SSSR count). The Morgan fingerprint density at radius 3 is 2.09 bits per heavy atom. The summed E-state index contributed by atoms with van der Waals surface area (Å²) in [7, 11) is 0. The molecule has 0 saturated heterocycles. The van der Waals surface area contributed by atoms with Gasteiger partial charge in [-0.1, -0.05) is 88.4 Å². The summed E-state index contributed by atoms with van der Waals surface area (Å²) in [5, 5.41) is 2.62. The molecule has 0 fully saturated rings. The molecule has 0 spiro atoms. The molecule has 0 saturated carbocycles. The zero-order chi connectivity index (χ0) is 23.4. The number of imidazole rings is 1. The van der Waals surface area contributed by atoms with Crippen molar-refractivity contribution >= 4 is 42.5 Å². The van der Waals surface area contributed by atoms with Gasteiger partial charge < -0.3 is 0 Å². The quantitative estimate of drug-likeness (QED) is 0.256. The molecule has 0 radical (unpaired) electrons. The first-order valence-electron chi connectivity index (χ1n) is 12.1. The predicted octanol–water partition coefficient (Wildman–Crippen LogP) is 9.31. The first kappa shape index (κ1) is 21.1. The van der Waals surface area contributed by atoms with E-state index < -0.39 is 0 Å². The normalized spacial score (nSPS) is 12.1. The molecule has 2 aromatic heterocycles. The molecule has 2 nitrogen and oxygen atoms in total. The minimum absolute atomic E-state index is 0.405. The fourth-order valence-electron chi connectivity index (χ4n) is 5.13. The summed E-state index contributed by atoms with van der Waals surface area (Å²) in [5.41, 5.74) is 7.39. The number of hydrogen-bond donors (Lipinski definition) is 0. The Morgan fingerprint density at radius 2 is 1.32 bits per heavy atom. The van der Waals surface area contributed by atoms with Crippen LogP contribution in [-0.4, -0.2) is 9.55 Å². The average Bonchev–Trinajstić information content (AvgIpc) is 3.42. The van der Waals surface area contributed by atoms with Crippen molar-refractivity contribution in [3.05, 3.63) is 96.1 Å². The van der Waals surface area contributed by atoms with E-state index in [0.29, 0.717) is 11.8 Å². The number of benzene rings is 4. The summed E-state index contributed by atoms with van der Waals surface area (Å²) in [6.07, 6.45) is 0. The number of aromatic nitrogens is 2. The maximum absolute atomic E-state index is 5.25. The Morgan fingerprint density at radius 1 is 0.676 bits per heavy atom. The van der Waals surface area contributed by atoms with Crippen molar-refractivity contribution in [3.63, 3.8) is 0 Å². The molecule has 0 aliphatic rings. The molecule has 0 aliphatic heterocycles. The van der Waals surface area contributed by atoms with Gasteiger partial charge in [0.05, 0.1) is 16.7 Å². The standard InChI is InChI=1S/C31H28N2S/c1-19(2)21-12-9-13-22(20(3)4)29(21)33-27-17-7-6-16-26(27)32-31(33)25-15-10-14-24-23-11-5-8-18-28(23)34-30(24)25/h5-20H,1-4H3. The second kappa shape index (κ2) is 8.11. The van der Waals surface area contributed by atoms with Crippen molar-refractivity contribution in [2.45, 2.75) is 39.5 Å². The van der Waals surface area contributed by atoms with Crippen LogP contribution in [0.2, 0.25) is 0 Å². The van der Waals surface area contributed by atoms with Crippen molar-refractivity contribution in [2.24, 2.45) is 0 Å². The molecule has 3 heteroatoms. The fraction of sp³-hybridized carbons (Fsp3) is 0.194. The number of nitrogens with zero attached hydrogens (tertiary/aromatic N) is 2. The van der Waals surface area contributed by atoms with Crippen LogP contribution in [0.5, 0.6) is 0 Å². The molecule has 0 amide bonds. The second-order valence-electron chi connectivity index (χ2n) is 9.63. The molecule has 0 N–H and O–H groups in total. The molecular weight excluding hydrogens is 432 g/mol. The number of thiophene rings is 1. The Balaban J connectivity index is 1.77. The molecule has 0 atom stereocenters. The van der Waals surface area contributed by atoms with Crippen LogP contribution < -0.4 is 0 Å². The Bertz CT molecular complexity index is 1640. The molecular formula is C31H28N2S. The van der Waals surface area contributed by atoms with E-state index in [1.807, 2.05) is 11.3 Å². The van der Waals surface area contributed by atoms with E-state index in [0.717, 1.165) is 16.9 Å². The van der Waals surface area contributed by atoms with Crippen LogP contribution in [0.4, 0.5) is 0 Å². The summed E-state index contributed by atoms with van der Waals surface area (Å²) in [6.45, 7) is 9.14. The van der Waals surface area contributed by atoms with E-state index in [1.165, 1.54) is 42.6 Å². The van der Waals surface area contributed by atoms with Gasteiger partial charge in [-0.2, -0.15) is 0 Å². The third-order valence-electron chi connectivity index (χ3n) is 6.77. The monoisotopic (exact) mass is 460 g/mol. The van der Waals surface area contributed by atoms with E-state index in [2.05, 4.69) is 117 Å². The number of para-hydroxylation sites is 3. The van der Waals surface area contributed by atoms with Gasteiger partial charge in [0.15, 0.2) is 0 Å². The lowest BCUT2D eigenvalue weighted by atomic mass is 9.92. The molecule has 2 heterocycles. The van der Waals surface area contributed by atoms with E-state index in [4.69, 9.17) is 4.98 Å². The maximum Gasteiger partial charge on any atom is 0.147 e. The summed E-state index contributed by atoms with van der Waals surface area (Å²) < 4.78 is 5.05. The smallest absolute Gasteiger partial charge is 0.147 e. The highest BCUT2D eigenvalue weighted by atomic mass is 32.1. The van der Waals surface area contributed by atoms with Crippen molar-refractivity contribution in [1.82, 2.24) is 9.55 Å². The molecule has 0 bridgehead atoms. The number of hydrogen-bond acceptors (Lipinski definition) is 2. The molecule has 6 aromatic rings. The summed E-state index contributed by atoms with van der Waals surface area (Å²) in [6, 6.07) is 30.7. The molecule has 34 heavy (non-hydrogen) atoms. The highest BCUT2D eigenvalue weighted by molar-refractivity contribution is 7.26. The maximum atomic E-state index is 5.25. The first-order valence-corrected chi connectivity index (χ1v) is 12.9. The first-order chi connectivity index (χ1) is 16.5. The minimum Gasteiger partial charge on any atom is -0.292 e. The van der Waals surface area contributed by atoms with Crippen LogP contribution in [0.1, 0.15) is 50.7 Å². The Hall–Kier alpha value is -3.43. The van der Waals surface area contributed by atoms with Gasteiger partial charge in [0.2, 0.25) is 0 Å². The molecule has 0 unspecified atom stereocenters. The van der Waals surface area contributed by atoms with Crippen molar-refractivity contribution in [3.8, 4) is 17.1 Å². The minimum atomic E-state index is 0.405. The van der Waals surface area contributed by atoms with Crippen LogP contribution in [-0.2, 0) is 0 Å². The second-order valence-corrected chi connectivity index (χ2v) is 10.7. The van der Waals surface area contributed by atoms with E-state index in [1.54, 1.807) is 0 Å². The van der Waals surface area contributed by atoms with Gasteiger partial charge in [0.25, 0.3) is 0 Å². The summed E-state index contributed by atoms with van der Waals surface area (Å²) in [4.78, 5) is 5.25. The van der Waals surface area contributed by atoms with Crippen LogP contribution in [0, 0.1) is 0 Å². The predicted molar refractivity (Wildman–Crippen MR) is 148 cm³/mol. The zero-order valence-electron chi connectivity index (χ0n) is 20.0. The van der Waals surface area contributed by atoms with Crippen LogP contribution in [0.15, 0.2) is 84.9 Å². The number of rotatable bonds is 4. The average molecular weight is 461 g/mol. The molecule has 4 aromatic carbocycles. The topological polar surface area (TPSA) is 17.8 Å². The van der Waals surface area contributed by atoms with Crippen LogP contribution >= 0.6 is 11.3 Å². The van der Waals surface area contributed by atoms with E-state index in [-0.39, 0.29) is 0 Å². The van der Waals surface area contributed by atoms with Gasteiger partial charge in [-0.3, -0.25) is 4.57 Å². The SMILES string of the molecule is CC(C)c1cccc(C(C)C)c1-n1c(-c2cccc3c2sc2ccccc23)nc2ccccc21. The lowest BCUT2D eigenvalue weighted by Gasteiger charge is -2.22. The van der Waals surface area contributed by atoms with E-state index in [9.17, 15) is 0 Å². The van der Waals surface area contributed by atoms with Gasteiger partial charge in [-0.05, 0) is 47.2 Å². The lowest BCUT2D eigenvalue weighted by molar-refractivity contribution is 0.811. The van der Waals surface area contributed by atoms with Crippen LogP contribution in [0.3, 0.4) is 0 Å². The van der Waals surface area contributed by atoms with E-state index >= 15 is 0 Å². The highest BCUT2D eigenvalue weighted by Gasteiger charge is 2.23. The van der Waals surface area contributed by atoms with Crippen molar-refractivity contribution in [1.29, 1.82) is 0 Å². The van der Waals surface area contributed by atoms with Gasteiger partial charge in [0, 0.05) is 25.7 Å². The van der Waals surface area contributed by atoms with Gasteiger partial charge >= 0.3 is 0 Å². The summed E-state index contributed by atoms with van der Waals surface area (Å²) in [5.74, 6) is 1.83. The van der Waals surface area contributed by atoms with Gasteiger partial charge in [0.1, 0.15) is 5.82 Å².